The summed E-state index contributed by atoms with van der Waals surface area (Å²) in [5.74, 6) is -0.0592. The topological polar surface area (TPSA) is 55.6 Å². The molecule has 0 aliphatic carbocycles. The molecule has 0 aliphatic rings. The van der Waals surface area contributed by atoms with Crippen LogP contribution in [0.2, 0.25) is 0 Å². The van der Waals surface area contributed by atoms with Gasteiger partial charge in [-0.3, -0.25) is 4.79 Å². The summed E-state index contributed by atoms with van der Waals surface area (Å²) in [6.45, 7) is 0.245. The summed E-state index contributed by atoms with van der Waals surface area (Å²) in [6, 6.07) is 14.7. The van der Waals surface area contributed by atoms with Gasteiger partial charge in [-0.1, -0.05) is 30.3 Å². The lowest BCUT2D eigenvalue weighted by atomic mass is 10.2. The quantitative estimate of drug-likeness (QED) is 0.624. The van der Waals surface area contributed by atoms with Crippen LogP contribution in [0, 0.1) is 0 Å². The van der Waals surface area contributed by atoms with Crippen molar-refractivity contribution in [3.05, 3.63) is 72.1 Å². The zero-order valence-corrected chi connectivity index (χ0v) is 14.9. The van der Waals surface area contributed by atoms with E-state index >= 15 is 0 Å². The molecule has 1 amide bonds. The molecule has 0 saturated heterocycles. The summed E-state index contributed by atoms with van der Waals surface area (Å²) in [7, 11) is 1.61. The molecule has 28 heavy (non-hydrogen) atoms. The van der Waals surface area contributed by atoms with Crippen LogP contribution < -0.4 is 4.74 Å². The van der Waals surface area contributed by atoms with Crippen molar-refractivity contribution in [3.63, 3.8) is 0 Å². The third kappa shape index (κ3) is 5.35. The van der Waals surface area contributed by atoms with Crippen molar-refractivity contribution in [2.24, 2.45) is 0 Å². The van der Waals surface area contributed by atoms with Crippen molar-refractivity contribution in [1.82, 2.24) is 9.88 Å². The van der Waals surface area contributed by atoms with E-state index in [1.54, 1.807) is 7.05 Å². The van der Waals surface area contributed by atoms with Gasteiger partial charge in [0, 0.05) is 19.2 Å². The largest absolute Gasteiger partial charge is 0.573 e. The lowest BCUT2D eigenvalue weighted by Gasteiger charge is -2.17. The van der Waals surface area contributed by atoms with Crippen LogP contribution in [0.1, 0.15) is 11.3 Å². The number of benzene rings is 2. The standard InChI is InChI=1S/C20H17F3N2O3/c1-25(12-14-7-9-17(10-8-14)28-20(21,22)23)18(26)11-16-13-27-19(24-16)15-5-3-2-4-6-15/h2-10,13H,11-12H2,1H3. The molecule has 0 bridgehead atoms. The number of oxazole rings is 1. The van der Waals surface area contributed by atoms with Crippen LogP contribution in [0.4, 0.5) is 13.2 Å². The highest BCUT2D eigenvalue weighted by Crippen LogP contribution is 2.23. The molecule has 0 aliphatic heterocycles. The van der Waals surface area contributed by atoms with E-state index in [-0.39, 0.29) is 24.6 Å². The molecule has 8 heteroatoms. The molecule has 0 radical (unpaired) electrons. The van der Waals surface area contributed by atoms with E-state index in [9.17, 15) is 18.0 Å². The molecule has 1 heterocycles. The number of alkyl halides is 3. The molecular formula is C20H17F3N2O3. The third-order valence-electron chi connectivity index (χ3n) is 3.91. The molecule has 0 atom stereocenters. The number of amides is 1. The van der Waals surface area contributed by atoms with Gasteiger partial charge in [-0.15, -0.1) is 13.2 Å². The van der Waals surface area contributed by atoms with Gasteiger partial charge in [0.2, 0.25) is 11.8 Å². The van der Waals surface area contributed by atoms with Crippen molar-refractivity contribution in [3.8, 4) is 17.2 Å². The first-order chi connectivity index (χ1) is 13.3. The molecule has 5 nitrogen and oxygen atoms in total. The minimum absolute atomic E-state index is 0.0576. The zero-order chi connectivity index (χ0) is 20.1. The summed E-state index contributed by atoms with van der Waals surface area (Å²) in [6.07, 6.45) is -3.23. The monoisotopic (exact) mass is 390 g/mol. The minimum Gasteiger partial charge on any atom is -0.444 e. The van der Waals surface area contributed by atoms with Gasteiger partial charge >= 0.3 is 6.36 Å². The number of carbonyl (C=O) groups is 1. The third-order valence-corrected chi connectivity index (χ3v) is 3.91. The predicted molar refractivity (Wildman–Crippen MR) is 95.2 cm³/mol. The highest BCUT2D eigenvalue weighted by Gasteiger charge is 2.31. The summed E-state index contributed by atoms with van der Waals surface area (Å²) in [4.78, 5) is 18.2. The molecule has 0 spiro atoms. The Balaban J connectivity index is 1.57. The Hall–Kier alpha value is -3.29. The highest BCUT2D eigenvalue weighted by molar-refractivity contribution is 5.78. The van der Waals surface area contributed by atoms with Gasteiger partial charge in [0.05, 0.1) is 12.1 Å². The van der Waals surface area contributed by atoms with Crippen molar-refractivity contribution >= 4 is 5.91 Å². The Morgan fingerprint density at radius 1 is 1.11 bits per heavy atom. The molecule has 1 aromatic heterocycles. The van der Waals surface area contributed by atoms with Gasteiger partial charge in [-0.25, -0.2) is 4.98 Å². The maximum atomic E-state index is 12.4. The smallest absolute Gasteiger partial charge is 0.444 e. The fourth-order valence-electron chi connectivity index (χ4n) is 2.55. The number of ether oxygens (including phenoxy) is 1. The fraction of sp³-hybridized carbons (Fsp3) is 0.200. The Morgan fingerprint density at radius 3 is 2.43 bits per heavy atom. The lowest BCUT2D eigenvalue weighted by molar-refractivity contribution is -0.274. The first-order valence-electron chi connectivity index (χ1n) is 8.38. The van der Waals surface area contributed by atoms with Crippen molar-refractivity contribution in [1.29, 1.82) is 0 Å². The van der Waals surface area contributed by atoms with E-state index in [0.717, 1.165) is 5.56 Å². The molecule has 0 N–H and O–H groups in total. The Labute approximate surface area is 159 Å². The van der Waals surface area contributed by atoms with Gasteiger partial charge in [-0.05, 0) is 29.8 Å². The van der Waals surface area contributed by atoms with Crippen LogP contribution in [-0.4, -0.2) is 29.2 Å². The molecule has 0 unspecified atom stereocenters. The normalized spacial score (nSPS) is 11.3. The molecule has 0 fully saturated rings. The molecule has 3 rings (SSSR count). The second-order valence-corrected chi connectivity index (χ2v) is 6.13. The summed E-state index contributed by atoms with van der Waals surface area (Å²) in [5.41, 5.74) is 2.00. The van der Waals surface area contributed by atoms with E-state index in [4.69, 9.17) is 4.42 Å². The van der Waals surface area contributed by atoms with Crippen molar-refractivity contribution < 1.29 is 27.1 Å². The number of carbonyl (C=O) groups excluding carboxylic acids is 1. The van der Waals surface area contributed by atoms with Gasteiger partial charge < -0.3 is 14.1 Å². The maximum absolute atomic E-state index is 12.4. The van der Waals surface area contributed by atoms with E-state index in [1.807, 2.05) is 30.3 Å². The highest BCUT2D eigenvalue weighted by atomic mass is 19.4. The Bertz CT molecular complexity index is 922. The van der Waals surface area contributed by atoms with Crippen molar-refractivity contribution in [2.45, 2.75) is 19.3 Å². The number of rotatable bonds is 6. The predicted octanol–water partition coefficient (Wildman–Crippen LogP) is 4.44. The van der Waals surface area contributed by atoms with Gasteiger partial charge in [-0.2, -0.15) is 0 Å². The van der Waals surface area contributed by atoms with E-state index in [2.05, 4.69) is 9.72 Å². The average Bonchev–Trinajstić information content (AvgIpc) is 3.11. The molecular weight excluding hydrogens is 373 g/mol. The van der Waals surface area contributed by atoms with Gasteiger partial charge in [0.15, 0.2) is 0 Å². The number of nitrogens with zero attached hydrogens (tertiary/aromatic N) is 2. The number of aromatic nitrogens is 1. The average molecular weight is 390 g/mol. The Morgan fingerprint density at radius 2 is 1.79 bits per heavy atom. The first kappa shape index (κ1) is 19.5. The summed E-state index contributed by atoms with van der Waals surface area (Å²) < 4.78 is 45.8. The minimum atomic E-state index is -4.73. The van der Waals surface area contributed by atoms with Crippen molar-refractivity contribution in [2.75, 3.05) is 7.05 Å². The molecule has 2 aromatic carbocycles. The SMILES string of the molecule is CN(Cc1ccc(OC(F)(F)F)cc1)C(=O)Cc1coc(-c2ccccc2)n1. The van der Waals surface area contributed by atoms with Crippen LogP contribution in [-0.2, 0) is 17.8 Å². The van der Waals surface area contributed by atoms with Crippen LogP contribution in [0.5, 0.6) is 5.75 Å². The number of hydrogen-bond donors (Lipinski definition) is 0. The molecule has 146 valence electrons. The zero-order valence-electron chi connectivity index (χ0n) is 14.9. The van der Waals surface area contributed by atoms with Crippen LogP contribution in [0.25, 0.3) is 11.5 Å². The van der Waals surface area contributed by atoms with Crippen LogP contribution in [0.3, 0.4) is 0 Å². The first-order valence-corrected chi connectivity index (χ1v) is 8.38. The molecule has 0 saturated carbocycles. The van der Waals surface area contributed by atoms with E-state index < -0.39 is 6.36 Å². The van der Waals surface area contributed by atoms with Gasteiger partial charge in [0.25, 0.3) is 0 Å². The van der Waals surface area contributed by atoms with E-state index in [0.29, 0.717) is 17.1 Å². The Kier molecular flexibility index (Phi) is 5.67. The summed E-state index contributed by atoms with van der Waals surface area (Å²) in [5, 5.41) is 0. The van der Waals surface area contributed by atoms with E-state index in [1.165, 1.54) is 35.4 Å². The summed E-state index contributed by atoms with van der Waals surface area (Å²) >= 11 is 0. The lowest BCUT2D eigenvalue weighted by Crippen LogP contribution is -2.27. The number of halogens is 3. The molecule has 3 aromatic rings. The van der Waals surface area contributed by atoms with Gasteiger partial charge in [0.1, 0.15) is 12.0 Å². The van der Waals surface area contributed by atoms with Crippen LogP contribution >= 0.6 is 0 Å². The fourth-order valence-corrected chi connectivity index (χ4v) is 2.55. The second kappa shape index (κ2) is 8.16. The number of hydrogen-bond acceptors (Lipinski definition) is 4. The second-order valence-electron chi connectivity index (χ2n) is 6.13. The maximum Gasteiger partial charge on any atom is 0.573 e. The van der Waals surface area contributed by atoms with Crippen LogP contribution in [0.15, 0.2) is 65.3 Å². The number of likely N-dealkylation sites (N-methyl/N-ethyl adjacent to an activating group) is 1.